The molecule has 0 aliphatic rings. The smallest absolute Gasteiger partial charge is 0.161 e. The number of hydrogen-bond donors (Lipinski definition) is 1. The van der Waals surface area contributed by atoms with E-state index in [-0.39, 0.29) is 6.61 Å². The average molecular weight is 254 g/mol. The molecular formula is C14H14N4O. The molecule has 0 radical (unpaired) electrons. The van der Waals surface area contributed by atoms with Crippen LogP contribution in [0.25, 0.3) is 22.7 Å². The Labute approximate surface area is 110 Å². The standard InChI is InChI=1S/C14H14N4O/c19-10-4-9-18-13-12(6-3-8-16-13)17-14(18)11-5-1-2-7-15-11/h1-3,5-8,19H,4,9-10H2. The summed E-state index contributed by atoms with van der Waals surface area (Å²) in [6.07, 6.45) is 4.17. The lowest BCUT2D eigenvalue weighted by atomic mass is 10.3. The maximum atomic E-state index is 9.03. The van der Waals surface area contributed by atoms with Gasteiger partial charge in [0.25, 0.3) is 0 Å². The normalized spacial score (nSPS) is 11.0. The minimum absolute atomic E-state index is 0.147. The number of hydrogen-bond acceptors (Lipinski definition) is 4. The molecule has 0 amide bonds. The zero-order valence-electron chi connectivity index (χ0n) is 10.4. The zero-order valence-corrected chi connectivity index (χ0v) is 10.4. The number of aliphatic hydroxyl groups is 1. The number of aliphatic hydroxyl groups excluding tert-OH is 1. The summed E-state index contributed by atoms with van der Waals surface area (Å²) >= 11 is 0. The lowest BCUT2D eigenvalue weighted by Gasteiger charge is -2.06. The minimum atomic E-state index is 0.147. The van der Waals surface area contributed by atoms with Crippen molar-refractivity contribution < 1.29 is 5.11 Å². The van der Waals surface area contributed by atoms with E-state index in [1.54, 1.807) is 12.4 Å². The van der Waals surface area contributed by atoms with Crippen LogP contribution in [0.15, 0.2) is 42.7 Å². The van der Waals surface area contributed by atoms with Gasteiger partial charge in [-0.15, -0.1) is 0 Å². The molecule has 1 N–H and O–H groups in total. The summed E-state index contributed by atoms with van der Waals surface area (Å²) in [5.41, 5.74) is 2.50. The van der Waals surface area contributed by atoms with Crippen molar-refractivity contribution in [3.05, 3.63) is 42.7 Å². The number of rotatable bonds is 4. The lowest BCUT2D eigenvalue weighted by molar-refractivity contribution is 0.280. The monoisotopic (exact) mass is 254 g/mol. The Hall–Kier alpha value is -2.27. The highest BCUT2D eigenvalue weighted by Gasteiger charge is 2.13. The van der Waals surface area contributed by atoms with E-state index in [0.29, 0.717) is 13.0 Å². The molecule has 3 rings (SSSR count). The molecule has 3 heterocycles. The number of fused-ring (bicyclic) bond motifs is 1. The van der Waals surface area contributed by atoms with Crippen LogP contribution in [0.5, 0.6) is 0 Å². The number of aromatic nitrogens is 4. The summed E-state index contributed by atoms with van der Waals surface area (Å²) < 4.78 is 2.01. The molecule has 0 spiro atoms. The molecule has 0 bridgehead atoms. The van der Waals surface area contributed by atoms with E-state index in [9.17, 15) is 0 Å². The molecule has 0 saturated carbocycles. The molecule has 0 unspecified atom stereocenters. The predicted octanol–water partition coefficient (Wildman–Crippen LogP) is 1.88. The van der Waals surface area contributed by atoms with Crippen molar-refractivity contribution in [2.24, 2.45) is 0 Å². The van der Waals surface area contributed by atoms with E-state index < -0.39 is 0 Å². The van der Waals surface area contributed by atoms with Crippen molar-refractivity contribution in [2.75, 3.05) is 6.61 Å². The quantitative estimate of drug-likeness (QED) is 0.772. The first kappa shape index (κ1) is 11.8. The number of pyridine rings is 2. The summed E-state index contributed by atoms with van der Waals surface area (Å²) in [5.74, 6) is 0.794. The summed E-state index contributed by atoms with van der Waals surface area (Å²) in [4.78, 5) is 13.3. The van der Waals surface area contributed by atoms with Gasteiger partial charge < -0.3 is 9.67 Å². The molecule has 0 atom stereocenters. The first-order valence-electron chi connectivity index (χ1n) is 6.23. The van der Waals surface area contributed by atoms with Gasteiger partial charge in [-0.3, -0.25) is 4.98 Å². The molecule has 19 heavy (non-hydrogen) atoms. The highest BCUT2D eigenvalue weighted by atomic mass is 16.3. The van der Waals surface area contributed by atoms with Gasteiger partial charge in [-0.1, -0.05) is 6.07 Å². The summed E-state index contributed by atoms with van der Waals surface area (Å²) in [6, 6.07) is 9.54. The van der Waals surface area contributed by atoms with Crippen LogP contribution in [0, 0.1) is 0 Å². The fourth-order valence-electron chi connectivity index (χ4n) is 2.09. The van der Waals surface area contributed by atoms with Crippen LogP contribution in [-0.4, -0.2) is 31.2 Å². The summed E-state index contributed by atoms with van der Waals surface area (Å²) in [6.45, 7) is 0.823. The van der Waals surface area contributed by atoms with Crippen molar-refractivity contribution >= 4 is 11.2 Å². The van der Waals surface area contributed by atoms with E-state index in [1.165, 1.54) is 0 Å². The van der Waals surface area contributed by atoms with Crippen molar-refractivity contribution in [1.82, 2.24) is 19.5 Å². The van der Waals surface area contributed by atoms with E-state index >= 15 is 0 Å². The Morgan fingerprint density at radius 1 is 1.05 bits per heavy atom. The zero-order chi connectivity index (χ0) is 13.1. The number of imidazole rings is 1. The van der Waals surface area contributed by atoms with Gasteiger partial charge in [0.15, 0.2) is 11.5 Å². The molecule has 5 nitrogen and oxygen atoms in total. The largest absolute Gasteiger partial charge is 0.396 e. The van der Waals surface area contributed by atoms with Gasteiger partial charge in [-0.25, -0.2) is 9.97 Å². The fourth-order valence-corrected chi connectivity index (χ4v) is 2.09. The Morgan fingerprint density at radius 2 is 1.95 bits per heavy atom. The van der Waals surface area contributed by atoms with E-state index in [1.807, 2.05) is 34.9 Å². The molecule has 3 aromatic heterocycles. The maximum absolute atomic E-state index is 9.03. The van der Waals surface area contributed by atoms with Gasteiger partial charge in [-0.05, 0) is 30.7 Å². The molecule has 3 aromatic rings. The second-order valence-electron chi connectivity index (χ2n) is 4.23. The Bertz CT molecular complexity index is 678. The van der Waals surface area contributed by atoms with Crippen molar-refractivity contribution in [3.8, 4) is 11.5 Å². The Morgan fingerprint density at radius 3 is 2.74 bits per heavy atom. The number of aryl methyl sites for hydroxylation is 1. The Kier molecular flexibility index (Phi) is 3.20. The summed E-state index contributed by atoms with van der Waals surface area (Å²) in [5, 5.41) is 9.03. The van der Waals surface area contributed by atoms with Crippen molar-refractivity contribution in [2.45, 2.75) is 13.0 Å². The lowest BCUT2D eigenvalue weighted by Crippen LogP contribution is -2.04. The van der Waals surface area contributed by atoms with Crippen LogP contribution in [0.4, 0.5) is 0 Å². The topological polar surface area (TPSA) is 63.8 Å². The van der Waals surface area contributed by atoms with Crippen LogP contribution in [0.2, 0.25) is 0 Å². The third-order valence-electron chi connectivity index (χ3n) is 2.94. The van der Waals surface area contributed by atoms with Gasteiger partial charge in [-0.2, -0.15) is 0 Å². The van der Waals surface area contributed by atoms with E-state index in [2.05, 4.69) is 15.0 Å². The van der Waals surface area contributed by atoms with Gasteiger partial charge >= 0.3 is 0 Å². The molecular weight excluding hydrogens is 240 g/mol. The van der Waals surface area contributed by atoms with Crippen molar-refractivity contribution in [3.63, 3.8) is 0 Å². The SMILES string of the molecule is OCCCn1c(-c2ccccn2)nc2cccnc21. The molecule has 0 saturated heterocycles. The van der Waals surface area contributed by atoms with E-state index in [0.717, 1.165) is 22.7 Å². The summed E-state index contributed by atoms with van der Waals surface area (Å²) in [7, 11) is 0. The average Bonchev–Trinajstić information content (AvgIpc) is 2.85. The first-order chi connectivity index (χ1) is 9.40. The van der Waals surface area contributed by atoms with Gasteiger partial charge in [0.1, 0.15) is 11.2 Å². The highest BCUT2D eigenvalue weighted by molar-refractivity contribution is 5.76. The van der Waals surface area contributed by atoms with Crippen molar-refractivity contribution in [1.29, 1.82) is 0 Å². The van der Waals surface area contributed by atoms with Crippen LogP contribution in [-0.2, 0) is 6.54 Å². The molecule has 0 aromatic carbocycles. The highest BCUT2D eigenvalue weighted by Crippen LogP contribution is 2.21. The molecule has 96 valence electrons. The number of nitrogens with zero attached hydrogens (tertiary/aromatic N) is 4. The fraction of sp³-hybridized carbons (Fsp3) is 0.214. The minimum Gasteiger partial charge on any atom is -0.396 e. The third kappa shape index (κ3) is 2.20. The second-order valence-corrected chi connectivity index (χ2v) is 4.23. The van der Waals surface area contributed by atoms with E-state index in [4.69, 9.17) is 5.11 Å². The molecule has 0 aliphatic carbocycles. The Balaban J connectivity index is 2.17. The van der Waals surface area contributed by atoms with Gasteiger partial charge in [0.2, 0.25) is 0 Å². The van der Waals surface area contributed by atoms with Crippen LogP contribution in [0.1, 0.15) is 6.42 Å². The van der Waals surface area contributed by atoms with Crippen LogP contribution in [0.3, 0.4) is 0 Å². The van der Waals surface area contributed by atoms with Crippen LogP contribution >= 0.6 is 0 Å². The van der Waals surface area contributed by atoms with Gasteiger partial charge in [0.05, 0.1) is 0 Å². The van der Waals surface area contributed by atoms with Gasteiger partial charge in [0, 0.05) is 25.5 Å². The first-order valence-corrected chi connectivity index (χ1v) is 6.23. The maximum Gasteiger partial charge on any atom is 0.161 e. The second kappa shape index (κ2) is 5.16. The predicted molar refractivity (Wildman–Crippen MR) is 72.5 cm³/mol. The van der Waals surface area contributed by atoms with Crippen LogP contribution < -0.4 is 0 Å². The third-order valence-corrected chi connectivity index (χ3v) is 2.94. The molecule has 0 fully saturated rings. The molecule has 0 aliphatic heterocycles. The molecule has 5 heteroatoms.